The van der Waals surface area contributed by atoms with Gasteiger partial charge in [0.1, 0.15) is 23.2 Å². The number of piperidine rings is 1. The Balaban J connectivity index is 1.37. The average molecular weight is 434 g/mol. The van der Waals surface area contributed by atoms with Gasteiger partial charge in [-0.25, -0.2) is 4.98 Å². The third-order valence-corrected chi connectivity index (χ3v) is 6.14. The lowest BCUT2D eigenvalue weighted by molar-refractivity contribution is 0.185. The van der Waals surface area contributed by atoms with Crippen molar-refractivity contribution in [2.75, 3.05) is 18.4 Å². The topological polar surface area (TPSA) is 67.1 Å². The fraction of sp³-hybridized carbons (Fsp3) is 0.292. The zero-order chi connectivity index (χ0) is 21.2. The average Bonchev–Trinajstić information content (AvgIpc) is 3.22. The minimum atomic E-state index is 0.443. The van der Waals surface area contributed by atoms with Gasteiger partial charge >= 0.3 is 0 Å². The molecule has 4 aromatic rings. The third kappa shape index (κ3) is 4.40. The number of nitrogens with zero attached hydrogens (tertiary/aromatic N) is 4. The van der Waals surface area contributed by atoms with E-state index in [0.29, 0.717) is 22.2 Å². The summed E-state index contributed by atoms with van der Waals surface area (Å²) < 4.78 is 5.44. The molecular formula is C24H24ClN5O. The molecule has 2 aromatic heterocycles. The van der Waals surface area contributed by atoms with E-state index >= 15 is 0 Å². The van der Waals surface area contributed by atoms with Crippen LogP contribution in [0.25, 0.3) is 22.4 Å². The van der Waals surface area contributed by atoms with Gasteiger partial charge in [-0.05, 0) is 61.7 Å². The molecule has 0 spiro atoms. The van der Waals surface area contributed by atoms with Crippen LogP contribution in [0.5, 0.6) is 0 Å². The molecule has 0 aliphatic carbocycles. The van der Waals surface area contributed by atoms with E-state index in [9.17, 15) is 0 Å². The molecule has 1 fully saturated rings. The molecule has 1 saturated heterocycles. The molecule has 0 unspecified atom stereocenters. The Morgan fingerprint density at radius 1 is 1.03 bits per heavy atom. The van der Waals surface area contributed by atoms with E-state index in [-0.39, 0.29) is 0 Å². The summed E-state index contributed by atoms with van der Waals surface area (Å²) in [7, 11) is 0. The number of likely N-dealkylation sites (tertiary alicyclic amines) is 1. The van der Waals surface area contributed by atoms with Crippen LogP contribution in [0.1, 0.15) is 25.3 Å². The molecule has 0 radical (unpaired) electrons. The summed E-state index contributed by atoms with van der Waals surface area (Å²) in [6.07, 6.45) is 4.06. The zero-order valence-corrected chi connectivity index (χ0v) is 18.1. The lowest BCUT2D eigenvalue weighted by Gasteiger charge is -2.30. The third-order valence-electron chi connectivity index (χ3n) is 5.89. The summed E-state index contributed by atoms with van der Waals surface area (Å²) in [6, 6.07) is 16.0. The van der Waals surface area contributed by atoms with Crippen molar-refractivity contribution in [3.63, 3.8) is 0 Å². The molecule has 1 aliphatic heterocycles. The molecule has 0 bridgehead atoms. The smallest absolute Gasteiger partial charge is 0.263 e. The lowest BCUT2D eigenvalue weighted by atomic mass is 9.99. The Bertz CT molecular complexity index is 1170. The second kappa shape index (κ2) is 8.65. The molecule has 1 aliphatic rings. The fourth-order valence-corrected chi connectivity index (χ4v) is 4.12. The summed E-state index contributed by atoms with van der Waals surface area (Å²) in [6.45, 7) is 5.70. The fourth-order valence-electron chi connectivity index (χ4n) is 3.99. The van der Waals surface area contributed by atoms with Crippen molar-refractivity contribution in [2.45, 2.75) is 26.3 Å². The van der Waals surface area contributed by atoms with Gasteiger partial charge in [0, 0.05) is 22.8 Å². The van der Waals surface area contributed by atoms with Crippen LogP contribution in [0.15, 0.2) is 59.4 Å². The predicted octanol–water partition coefficient (Wildman–Crippen LogP) is 5.91. The second-order valence-electron chi connectivity index (χ2n) is 8.22. The van der Waals surface area contributed by atoms with Gasteiger partial charge in [-0.2, -0.15) is 4.98 Å². The molecule has 31 heavy (non-hydrogen) atoms. The number of rotatable bonds is 5. The Hall–Kier alpha value is -2.96. The van der Waals surface area contributed by atoms with Crippen molar-refractivity contribution in [1.29, 1.82) is 0 Å². The van der Waals surface area contributed by atoms with E-state index < -0.39 is 0 Å². The summed E-state index contributed by atoms with van der Waals surface area (Å²) in [5, 5.41) is 9.03. The quantitative estimate of drug-likeness (QED) is 0.421. The normalized spacial score (nSPS) is 15.4. The maximum Gasteiger partial charge on any atom is 0.263 e. The van der Waals surface area contributed by atoms with Crippen LogP contribution in [-0.2, 0) is 6.54 Å². The van der Waals surface area contributed by atoms with E-state index in [1.54, 1.807) is 0 Å². The Kier molecular flexibility index (Phi) is 5.57. The molecule has 3 heterocycles. The van der Waals surface area contributed by atoms with Crippen LogP contribution in [0, 0.1) is 5.92 Å². The number of hydrogen-bond acceptors (Lipinski definition) is 6. The van der Waals surface area contributed by atoms with E-state index in [2.05, 4.69) is 56.5 Å². The summed E-state index contributed by atoms with van der Waals surface area (Å²) in [5.41, 5.74) is 4.30. The highest BCUT2D eigenvalue weighted by Crippen LogP contribution is 2.33. The highest BCUT2D eigenvalue weighted by molar-refractivity contribution is 6.30. The number of nitrogens with one attached hydrogen (secondary N) is 1. The maximum atomic E-state index is 6.03. The highest BCUT2D eigenvalue weighted by atomic mass is 35.5. The molecule has 0 atom stereocenters. The number of benzene rings is 2. The summed E-state index contributed by atoms with van der Waals surface area (Å²) in [4.78, 5) is 11.2. The lowest BCUT2D eigenvalue weighted by Crippen LogP contribution is -2.32. The van der Waals surface area contributed by atoms with Crippen molar-refractivity contribution in [2.24, 2.45) is 5.92 Å². The molecule has 7 heteroatoms. The first-order valence-corrected chi connectivity index (χ1v) is 11.0. The Morgan fingerprint density at radius 3 is 2.52 bits per heavy atom. The van der Waals surface area contributed by atoms with Gasteiger partial charge in [0.15, 0.2) is 0 Å². The first kappa shape index (κ1) is 20.0. The Labute approximate surface area is 186 Å². The van der Waals surface area contributed by atoms with E-state index in [1.807, 2.05) is 24.3 Å². The molecule has 2 aromatic carbocycles. The largest absolute Gasteiger partial charge is 0.339 e. The minimum absolute atomic E-state index is 0.443. The van der Waals surface area contributed by atoms with Crippen LogP contribution in [0.2, 0.25) is 5.02 Å². The first-order valence-electron chi connectivity index (χ1n) is 10.6. The molecule has 1 N–H and O–H groups in total. The van der Waals surface area contributed by atoms with Crippen molar-refractivity contribution in [1.82, 2.24) is 20.0 Å². The molecule has 6 nitrogen and oxygen atoms in total. The van der Waals surface area contributed by atoms with Crippen molar-refractivity contribution >= 4 is 34.2 Å². The number of fused-ring (bicyclic) bond motifs is 1. The molecule has 0 amide bonds. The van der Waals surface area contributed by atoms with Gasteiger partial charge in [-0.15, -0.1) is 0 Å². The first-order chi connectivity index (χ1) is 15.2. The van der Waals surface area contributed by atoms with Gasteiger partial charge in [0.05, 0.1) is 0 Å². The molecular weight excluding hydrogens is 410 g/mol. The van der Waals surface area contributed by atoms with E-state index in [0.717, 1.165) is 29.1 Å². The highest BCUT2D eigenvalue weighted by Gasteiger charge is 2.18. The standard InChI is InChI=1S/C24H24ClN5O/c1-16-10-12-30(13-11-16)14-17-2-8-20(9-3-17)28-23-21-22(18-4-6-19(25)7-5-18)29-31-24(21)27-15-26-23/h2-9,15-16H,10-14H2,1H3,(H,26,27,28). The maximum absolute atomic E-state index is 6.03. The van der Waals surface area contributed by atoms with Crippen LogP contribution in [0.4, 0.5) is 11.5 Å². The minimum Gasteiger partial charge on any atom is -0.339 e. The SMILES string of the molecule is CC1CCN(Cc2ccc(Nc3ncnc4onc(-c5ccc(Cl)cc5)c34)cc2)CC1. The predicted molar refractivity (Wildman–Crippen MR) is 123 cm³/mol. The second-order valence-corrected chi connectivity index (χ2v) is 8.66. The van der Waals surface area contributed by atoms with Gasteiger partial charge in [0.25, 0.3) is 5.71 Å². The Morgan fingerprint density at radius 2 is 1.77 bits per heavy atom. The summed E-state index contributed by atoms with van der Waals surface area (Å²) in [5.74, 6) is 1.51. The molecule has 5 rings (SSSR count). The van der Waals surface area contributed by atoms with Crippen molar-refractivity contribution in [3.8, 4) is 11.3 Å². The van der Waals surface area contributed by atoms with Crippen molar-refractivity contribution < 1.29 is 4.52 Å². The number of halogens is 1. The van der Waals surface area contributed by atoms with Crippen LogP contribution in [-0.4, -0.2) is 33.1 Å². The van der Waals surface area contributed by atoms with Gasteiger partial charge in [0.2, 0.25) is 0 Å². The summed E-state index contributed by atoms with van der Waals surface area (Å²) >= 11 is 6.03. The molecule has 158 valence electrons. The van der Waals surface area contributed by atoms with Crippen LogP contribution < -0.4 is 5.32 Å². The van der Waals surface area contributed by atoms with Gasteiger partial charge in [-0.3, -0.25) is 4.90 Å². The van der Waals surface area contributed by atoms with E-state index in [1.165, 1.54) is 37.8 Å². The number of anilines is 2. The zero-order valence-electron chi connectivity index (χ0n) is 17.4. The number of hydrogen-bond donors (Lipinski definition) is 1. The van der Waals surface area contributed by atoms with Gasteiger partial charge < -0.3 is 9.84 Å². The van der Waals surface area contributed by atoms with E-state index in [4.69, 9.17) is 16.1 Å². The monoisotopic (exact) mass is 433 g/mol. The van der Waals surface area contributed by atoms with Crippen LogP contribution >= 0.6 is 11.6 Å². The van der Waals surface area contributed by atoms with Gasteiger partial charge in [-0.1, -0.05) is 47.9 Å². The molecule has 0 saturated carbocycles. The van der Waals surface area contributed by atoms with Crippen LogP contribution in [0.3, 0.4) is 0 Å². The number of aromatic nitrogens is 3. The van der Waals surface area contributed by atoms with Crippen molar-refractivity contribution in [3.05, 3.63) is 65.4 Å².